The molecule has 1 aromatic rings. The van der Waals surface area contributed by atoms with Crippen molar-refractivity contribution in [1.29, 1.82) is 0 Å². The first-order chi connectivity index (χ1) is 9.45. The summed E-state index contributed by atoms with van der Waals surface area (Å²) >= 11 is 0. The van der Waals surface area contributed by atoms with Crippen LogP contribution in [0.4, 0.5) is 4.39 Å². The maximum absolute atomic E-state index is 14.1. The molecule has 1 fully saturated rings. The average molecular weight is 300 g/mol. The lowest BCUT2D eigenvalue weighted by molar-refractivity contribution is 0.287. The van der Waals surface area contributed by atoms with E-state index in [4.69, 9.17) is 0 Å². The number of nitrogens with zero attached hydrogens (tertiary/aromatic N) is 1. The van der Waals surface area contributed by atoms with Crippen LogP contribution in [0.1, 0.15) is 25.3 Å². The van der Waals surface area contributed by atoms with Crippen molar-refractivity contribution in [1.82, 2.24) is 9.62 Å². The molecule has 1 N–H and O–H groups in total. The van der Waals surface area contributed by atoms with Crippen molar-refractivity contribution >= 4 is 10.0 Å². The number of halogens is 1. The van der Waals surface area contributed by atoms with Crippen LogP contribution in [0.2, 0.25) is 0 Å². The first kappa shape index (κ1) is 15.4. The molecule has 0 atom stereocenters. The molecule has 0 unspecified atom stereocenters. The predicted octanol–water partition coefficient (Wildman–Crippen LogP) is 1.97. The van der Waals surface area contributed by atoms with Crippen LogP contribution in [0.15, 0.2) is 23.1 Å². The van der Waals surface area contributed by atoms with Crippen molar-refractivity contribution in [2.75, 3.05) is 20.1 Å². The van der Waals surface area contributed by atoms with E-state index in [0.717, 1.165) is 18.4 Å². The minimum absolute atomic E-state index is 0.216. The summed E-state index contributed by atoms with van der Waals surface area (Å²) in [6.45, 7) is 3.57. The molecule has 112 valence electrons. The van der Waals surface area contributed by atoms with Gasteiger partial charge in [0.1, 0.15) is 10.7 Å². The molecule has 1 aliphatic heterocycles. The third-order valence-electron chi connectivity index (χ3n) is 3.74. The maximum Gasteiger partial charge on any atom is 0.245 e. The second-order valence-corrected chi connectivity index (χ2v) is 7.29. The normalized spacial score (nSPS) is 18.4. The van der Waals surface area contributed by atoms with Crippen molar-refractivity contribution in [3.05, 3.63) is 29.6 Å². The van der Waals surface area contributed by atoms with E-state index in [1.54, 1.807) is 13.1 Å². The first-order valence-electron chi connectivity index (χ1n) is 6.88. The van der Waals surface area contributed by atoms with Gasteiger partial charge in [0.2, 0.25) is 10.0 Å². The molecular formula is C14H21FN2O2S. The first-order valence-corrected chi connectivity index (χ1v) is 8.32. The van der Waals surface area contributed by atoms with Gasteiger partial charge in [0.15, 0.2) is 0 Å². The highest BCUT2D eigenvalue weighted by Crippen LogP contribution is 2.25. The molecule has 1 aliphatic rings. The van der Waals surface area contributed by atoms with Crippen LogP contribution < -0.4 is 5.32 Å². The van der Waals surface area contributed by atoms with E-state index < -0.39 is 15.8 Å². The summed E-state index contributed by atoms with van der Waals surface area (Å²) in [5, 5.41) is 2.91. The van der Waals surface area contributed by atoms with Gasteiger partial charge < -0.3 is 5.32 Å². The Kier molecular flexibility index (Phi) is 4.78. The van der Waals surface area contributed by atoms with Crippen molar-refractivity contribution in [2.45, 2.75) is 31.2 Å². The van der Waals surface area contributed by atoms with E-state index in [1.165, 1.54) is 16.4 Å². The molecule has 1 aromatic carbocycles. The van der Waals surface area contributed by atoms with E-state index in [2.05, 4.69) is 12.2 Å². The Balaban J connectivity index is 2.25. The van der Waals surface area contributed by atoms with Gasteiger partial charge in [-0.1, -0.05) is 13.0 Å². The molecule has 0 spiro atoms. The number of rotatable bonds is 4. The molecule has 0 amide bonds. The molecule has 0 radical (unpaired) electrons. The van der Waals surface area contributed by atoms with E-state index >= 15 is 0 Å². The predicted molar refractivity (Wildman–Crippen MR) is 76.3 cm³/mol. The minimum atomic E-state index is -3.71. The van der Waals surface area contributed by atoms with Gasteiger partial charge in [-0.3, -0.25) is 0 Å². The monoisotopic (exact) mass is 300 g/mol. The molecule has 4 nitrogen and oxygen atoms in total. The molecule has 0 bridgehead atoms. The molecule has 0 aliphatic carbocycles. The Morgan fingerprint density at radius 3 is 2.55 bits per heavy atom. The van der Waals surface area contributed by atoms with Gasteiger partial charge >= 0.3 is 0 Å². The summed E-state index contributed by atoms with van der Waals surface area (Å²) in [6.07, 6.45) is 1.66. The second kappa shape index (κ2) is 6.20. The van der Waals surface area contributed by atoms with E-state index in [-0.39, 0.29) is 4.90 Å². The van der Waals surface area contributed by atoms with Crippen molar-refractivity contribution in [2.24, 2.45) is 5.92 Å². The van der Waals surface area contributed by atoms with Crippen LogP contribution in [0.25, 0.3) is 0 Å². The highest BCUT2D eigenvalue weighted by atomic mass is 32.2. The molecule has 2 rings (SSSR count). The highest BCUT2D eigenvalue weighted by Gasteiger charge is 2.30. The SMILES string of the molecule is CNCc1ccc(S(=O)(=O)N2CCC(C)CC2)c(F)c1. The largest absolute Gasteiger partial charge is 0.316 e. The number of piperidine rings is 1. The second-order valence-electron chi connectivity index (χ2n) is 5.38. The Bertz CT molecular complexity index is 567. The summed E-state index contributed by atoms with van der Waals surface area (Å²) < 4.78 is 40.4. The molecular weight excluding hydrogens is 279 g/mol. The van der Waals surface area contributed by atoms with Gasteiger partial charge in [-0.15, -0.1) is 0 Å². The van der Waals surface area contributed by atoms with Gasteiger partial charge in [-0.2, -0.15) is 4.31 Å². The minimum Gasteiger partial charge on any atom is -0.316 e. The maximum atomic E-state index is 14.1. The fourth-order valence-corrected chi connectivity index (χ4v) is 3.95. The Morgan fingerprint density at radius 2 is 2.00 bits per heavy atom. The summed E-state index contributed by atoms with van der Waals surface area (Å²) in [7, 11) is -1.95. The average Bonchev–Trinajstić information content (AvgIpc) is 2.39. The number of hydrogen-bond donors (Lipinski definition) is 1. The lowest BCUT2D eigenvalue weighted by Crippen LogP contribution is -2.38. The quantitative estimate of drug-likeness (QED) is 0.925. The van der Waals surface area contributed by atoms with Crippen molar-refractivity contribution < 1.29 is 12.8 Å². The zero-order valence-corrected chi connectivity index (χ0v) is 12.7. The Labute approximate surface area is 120 Å². The number of nitrogens with one attached hydrogen (secondary N) is 1. The highest BCUT2D eigenvalue weighted by molar-refractivity contribution is 7.89. The standard InChI is InChI=1S/C14H21FN2O2S/c1-11-5-7-17(8-6-11)20(18,19)14-4-3-12(10-16-2)9-13(14)15/h3-4,9,11,16H,5-8,10H2,1-2H3. The zero-order valence-electron chi connectivity index (χ0n) is 11.9. The molecule has 1 heterocycles. The van der Waals surface area contributed by atoms with E-state index in [0.29, 0.717) is 25.6 Å². The summed E-state index contributed by atoms with van der Waals surface area (Å²) in [6, 6.07) is 4.31. The van der Waals surface area contributed by atoms with Crippen LogP contribution in [-0.2, 0) is 16.6 Å². The van der Waals surface area contributed by atoms with E-state index in [1.807, 2.05) is 0 Å². The Hall–Kier alpha value is -0.980. The molecule has 20 heavy (non-hydrogen) atoms. The molecule has 0 aromatic heterocycles. The van der Waals surface area contributed by atoms with E-state index in [9.17, 15) is 12.8 Å². The van der Waals surface area contributed by atoms with Crippen LogP contribution in [0.3, 0.4) is 0 Å². The smallest absolute Gasteiger partial charge is 0.245 e. The fourth-order valence-electron chi connectivity index (χ4n) is 2.43. The Morgan fingerprint density at radius 1 is 1.35 bits per heavy atom. The van der Waals surface area contributed by atoms with Crippen LogP contribution in [0.5, 0.6) is 0 Å². The fraction of sp³-hybridized carbons (Fsp3) is 0.571. The van der Waals surface area contributed by atoms with Crippen LogP contribution in [-0.4, -0.2) is 32.9 Å². The van der Waals surface area contributed by atoms with Crippen molar-refractivity contribution in [3.63, 3.8) is 0 Å². The number of hydrogen-bond acceptors (Lipinski definition) is 3. The van der Waals surface area contributed by atoms with Gasteiger partial charge in [0.05, 0.1) is 0 Å². The lowest BCUT2D eigenvalue weighted by atomic mass is 10.0. The lowest BCUT2D eigenvalue weighted by Gasteiger charge is -2.29. The topological polar surface area (TPSA) is 49.4 Å². The number of benzene rings is 1. The van der Waals surface area contributed by atoms with Crippen LogP contribution in [0, 0.1) is 11.7 Å². The summed E-state index contributed by atoms with van der Waals surface area (Å²) in [4.78, 5) is -0.216. The van der Waals surface area contributed by atoms with Crippen LogP contribution >= 0.6 is 0 Å². The molecule has 1 saturated heterocycles. The van der Waals surface area contributed by atoms with Gasteiger partial charge in [0, 0.05) is 19.6 Å². The zero-order chi connectivity index (χ0) is 14.8. The molecule has 6 heteroatoms. The third-order valence-corrected chi connectivity index (χ3v) is 5.67. The summed E-state index contributed by atoms with van der Waals surface area (Å²) in [5.41, 5.74) is 0.733. The van der Waals surface area contributed by atoms with Gasteiger partial charge in [-0.25, -0.2) is 12.8 Å². The third kappa shape index (κ3) is 3.19. The van der Waals surface area contributed by atoms with Gasteiger partial charge in [0.25, 0.3) is 0 Å². The van der Waals surface area contributed by atoms with Crippen molar-refractivity contribution in [3.8, 4) is 0 Å². The molecule has 0 saturated carbocycles. The number of sulfonamides is 1. The summed E-state index contributed by atoms with van der Waals surface area (Å²) in [5.74, 6) is -0.138. The van der Waals surface area contributed by atoms with Gasteiger partial charge in [-0.05, 0) is 43.5 Å².